The van der Waals surface area contributed by atoms with E-state index in [1.54, 1.807) is 12.1 Å². The fourth-order valence-corrected chi connectivity index (χ4v) is 2.92. The molecule has 0 saturated heterocycles. The number of rotatable bonds is 3. The molecule has 1 aliphatic carbocycles. The highest BCUT2D eigenvalue weighted by atomic mass is 16.6. The molecule has 1 aromatic carbocycles. The molecule has 0 spiro atoms. The molecule has 0 aliphatic heterocycles. The number of hydrogen-bond donors (Lipinski definition) is 1. The fraction of sp³-hybridized carbons (Fsp3) is 0.538. The van der Waals surface area contributed by atoms with Crippen molar-refractivity contribution in [2.24, 2.45) is 11.8 Å². The second kappa shape index (κ2) is 4.11. The molecule has 1 aromatic rings. The van der Waals surface area contributed by atoms with Crippen LogP contribution in [0.1, 0.15) is 25.8 Å². The zero-order valence-electron chi connectivity index (χ0n) is 10.1. The Balaban J connectivity index is 2.30. The fourth-order valence-electron chi connectivity index (χ4n) is 2.92. The molecule has 3 unspecified atom stereocenters. The minimum atomic E-state index is -0.401. The molecule has 0 radical (unpaired) electrons. The van der Waals surface area contributed by atoms with E-state index in [1.807, 2.05) is 0 Å². The molecule has 0 bridgehead atoms. The molecule has 4 nitrogen and oxygen atoms in total. The maximum Gasteiger partial charge on any atom is 0.269 e. The molecule has 1 fully saturated rings. The molecule has 1 aliphatic rings. The third-order valence-electron chi connectivity index (χ3n) is 4.35. The maximum absolute atomic E-state index is 10.6. The van der Waals surface area contributed by atoms with Crippen molar-refractivity contribution in [1.29, 1.82) is 0 Å². The van der Waals surface area contributed by atoms with E-state index in [0.717, 1.165) is 12.0 Å². The van der Waals surface area contributed by atoms with Gasteiger partial charge in [-0.05, 0) is 23.8 Å². The first-order valence-electron chi connectivity index (χ1n) is 5.87. The Kier molecular flexibility index (Phi) is 2.91. The van der Waals surface area contributed by atoms with Gasteiger partial charge in [0.25, 0.3) is 5.69 Å². The van der Waals surface area contributed by atoms with Gasteiger partial charge in [0.2, 0.25) is 0 Å². The number of non-ortho nitro benzene ring substituents is 1. The van der Waals surface area contributed by atoms with Crippen molar-refractivity contribution in [3.05, 3.63) is 39.9 Å². The third-order valence-corrected chi connectivity index (χ3v) is 4.35. The highest BCUT2D eigenvalue weighted by molar-refractivity contribution is 5.38. The van der Waals surface area contributed by atoms with Gasteiger partial charge in [-0.1, -0.05) is 26.0 Å². The van der Waals surface area contributed by atoms with Gasteiger partial charge in [-0.15, -0.1) is 0 Å². The van der Waals surface area contributed by atoms with Crippen LogP contribution in [-0.4, -0.2) is 16.6 Å². The van der Waals surface area contributed by atoms with E-state index in [9.17, 15) is 15.2 Å². The molecule has 1 saturated carbocycles. The molecular formula is C13H17NO3. The van der Waals surface area contributed by atoms with Crippen molar-refractivity contribution in [3.63, 3.8) is 0 Å². The summed E-state index contributed by atoms with van der Waals surface area (Å²) < 4.78 is 0. The smallest absolute Gasteiger partial charge is 0.269 e. The number of aliphatic hydroxyl groups is 1. The van der Waals surface area contributed by atoms with Gasteiger partial charge < -0.3 is 5.11 Å². The van der Waals surface area contributed by atoms with Crippen LogP contribution in [0.4, 0.5) is 5.69 Å². The number of nitro benzene ring substituents is 1. The summed E-state index contributed by atoms with van der Waals surface area (Å²) in [6.07, 6.45) is 0.947. The summed E-state index contributed by atoms with van der Waals surface area (Å²) in [5.74, 6) is 1.01. The lowest BCUT2D eigenvalue weighted by Crippen LogP contribution is -2.51. The molecule has 1 N–H and O–H groups in total. The van der Waals surface area contributed by atoms with Gasteiger partial charge in [-0.25, -0.2) is 0 Å². The van der Waals surface area contributed by atoms with E-state index in [0.29, 0.717) is 11.8 Å². The highest BCUT2D eigenvalue weighted by Crippen LogP contribution is 2.52. The number of benzene rings is 1. The Hall–Kier alpha value is -1.42. The summed E-state index contributed by atoms with van der Waals surface area (Å²) in [6.45, 7) is 4.41. The van der Waals surface area contributed by atoms with Crippen LogP contribution in [0.25, 0.3) is 0 Å². The van der Waals surface area contributed by atoms with Gasteiger partial charge in [-0.2, -0.15) is 0 Å². The summed E-state index contributed by atoms with van der Waals surface area (Å²) in [7, 11) is 0. The van der Waals surface area contributed by atoms with Crippen molar-refractivity contribution < 1.29 is 10.0 Å². The van der Waals surface area contributed by atoms with Crippen molar-refractivity contribution in [1.82, 2.24) is 0 Å². The molecule has 17 heavy (non-hydrogen) atoms. The van der Waals surface area contributed by atoms with Crippen molar-refractivity contribution in [3.8, 4) is 0 Å². The third kappa shape index (κ3) is 1.72. The summed E-state index contributed by atoms with van der Waals surface area (Å²) >= 11 is 0. The Morgan fingerprint density at radius 1 is 1.41 bits per heavy atom. The van der Waals surface area contributed by atoms with Crippen LogP contribution in [-0.2, 0) is 5.41 Å². The van der Waals surface area contributed by atoms with E-state index in [2.05, 4.69) is 13.8 Å². The topological polar surface area (TPSA) is 63.4 Å². The number of hydrogen-bond acceptors (Lipinski definition) is 3. The van der Waals surface area contributed by atoms with E-state index in [4.69, 9.17) is 0 Å². The van der Waals surface area contributed by atoms with Gasteiger partial charge in [0.15, 0.2) is 0 Å². The first kappa shape index (κ1) is 12.0. The van der Waals surface area contributed by atoms with Crippen LogP contribution in [0.2, 0.25) is 0 Å². The molecule has 0 heterocycles. The van der Waals surface area contributed by atoms with Gasteiger partial charge in [0, 0.05) is 17.5 Å². The predicted molar refractivity (Wildman–Crippen MR) is 64.8 cm³/mol. The number of aliphatic hydroxyl groups excluding tert-OH is 1. The van der Waals surface area contributed by atoms with Crippen molar-refractivity contribution in [2.45, 2.75) is 25.7 Å². The Morgan fingerprint density at radius 3 is 2.35 bits per heavy atom. The van der Waals surface area contributed by atoms with Crippen LogP contribution in [0.5, 0.6) is 0 Å². The van der Waals surface area contributed by atoms with Gasteiger partial charge in [0.1, 0.15) is 0 Å². The lowest BCUT2D eigenvalue weighted by atomic mass is 9.52. The predicted octanol–water partition coefficient (Wildman–Crippen LogP) is 2.50. The molecule has 2 rings (SSSR count). The first-order valence-corrected chi connectivity index (χ1v) is 5.87. The Labute approximate surface area is 100 Å². The maximum atomic E-state index is 10.6. The molecular weight excluding hydrogens is 218 g/mol. The van der Waals surface area contributed by atoms with Crippen molar-refractivity contribution >= 4 is 5.69 Å². The lowest BCUT2D eigenvalue weighted by Gasteiger charge is -2.52. The van der Waals surface area contributed by atoms with E-state index in [-0.39, 0.29) is 17.7 Å². The molecule has 3 atom stereocenters. The molecule has 0 amide bonds. The van der Waals surface area contributed by atoms with Crippen LogP contribution >= 0.6 is 0 Å². The molecule has 92 valence electrons. The van der Waals surface area contributed by atoms with E-state index >= 15 is 0 Å². The number of nitro groups is 1. The van der Waals surface area contributed by atoms with E-state index in [1.165, 1.54) is 12.1 Å². The SMILES string of the molecule is CC1CC(CO)(c2ccc([N+](=O)[O-])cc2)C1C. The van der Waals surface area contributed by atoms with Gasteiger partial charge in [0.05, 0.1) is 11.5 Å². The summed E-state index contributed by atoms with van der Waals surface area (Å²) in [5.41, 5.74) is 0.909. The Bertz CT molecular complexity index is 429. The number of nitrogens with zero attached hydrogens (tertiary/aromatic N) is 1. The zero-order valence-corrected chi connectivity index (χ0v) is 10.1. The standard InChI is InChI=1S/C13H17NO3/c1-9-7-13(8-15,10(9)2)11-3-5-12(6-4-11)14(16)17/h3-6,9-10,15H,7-8H2,1-2H3. The summed E-state index contributed by atoms with van der Waals surface area (Å²) in [4.78, 5) is 10.2. The highest BCUT2D eigenvalue weighted by Gasteiger charge is 2.49. The molecule has 4 heteroatoms. The average Bonchev–Trinajstić information content (AvgIpc) is 2.35. The summed E-state index contributed by atoms with van der Waals surface area (Å²) in [6, 6.07) is 6.58. The van der Waals surface area contributed by atoms with Crippen LogP contribution in [0.3, 0.4) is 0 Å². The van der Waals surface area contributed by atoms with Gasteiger partial charge in [-0.3, -0.25) is 10.1 Å². The lowest BCUT2D eigenvalue weighted by molar-refractivity contribution is -0.384. The quantitative estimate of drug-likeness (QED) is 0.646. The molecule has 0 aromatic heterocycles. The average molecular weight is 235 g/mol. The monoisotopic (exact) mass is 235 g/mol. The minimum Gasteiger partial charge on any atom is -0.395 e. The normalized spacial score (nSPS) is 31.9. The van der Waals surface area contributed by atoms with Gasteiger partial charge >= 0.3 is 0 Å². The zero-order chi connectivity index (χ0) is 12.6. The Morgan fingerprint density at radius 2 is 2.00 bits per heavy atom. The van der Waals surface area contributed by atoms with E-state index < -0.39 is 4.92 Å². The van der Waals surface area contributed by atoms with Crippen molar-refractivity contribution in [2.75, 3.05) is 6.61 Å². The second-order valence-corrected chi connectivity index (χ2v) is 5.09. The van der Waals surface area contributed by atoms with Crippen LogP contribution in [0.15, 0.2) is 24.3 Å². The summed E-state index contributed by atoms with van der Waals surface area (Å²) in [5, 5.41) is 20.2. The largest absolute Gasteiger partial charge is 0.395 e. The van der Waals surface area contributed by atoms with Crippen LogP contribution in [0, 0.1) is 22.0 Å². The first-order chi connectivity index (χ1) is 8.01. The van der Waals surface area contributed by atoms with Crippen LogP contribution < -0.4 is 0 Å². The second-order valence-electron chi connectivity index (χ2n) is 5.09. The minimum absolute atomic E-state index is 0.0989.